The normalized spacial score (nSPS) is 26.9. The van der Waals surface area contributed by atoms with E-state index in [-0.39, 0.29) is 6.10 Å². The summed E-state index contributed by atoms with van der Waals surface area (Å²) >= 11 is 0. The molecule has 1 aromatic carbocycles. The quantitative estimate of drug-likeness (QED) is 0.675. The average Bonchev–Trinajstić information content (AvgIpc) is 2.75. The van der Waals surface area contributed by atoms with Crippen LogP contribution in [0.15, 0.2) is 23.4 Å². The number of rotatable bonds is 1. The number of nitrogens with zero attached hydrogens (tertiary/aromatic N) is 1. The lowest BCUT2D eigenvalue weighted by molar-refractivity contribution is 0.0697. The summed E-state index contributed by atoms with van der Waals surface area (Å²) in [5.74, 6) is 1.35. The van der Waals surface area contributed by atoms with Crippen molar-refractivity contribution in [3.05, 3.63) is 29.3 Å². The van der Waals surface area contributed by atoms with E-state index >= 15 is 0 Å². The molecule has 0 amide bonds. The first-order valence-corrected chi connectivity index (χ1v) is 4.74. The van der Waals surface area contributed by atoms with E-state index in [4.69, 9.17) is 9.57 Å². The summed E-state index contributed by atoms with van der Waals surface area (Å²) in [4.78, 5) is 5.31. The second-order valence-electron chi connectivity index (χ2n) is 3.71. The fraction of sp³-hybridized carbons (Fsp3) is 0.364. The van der Waals surface area contributed by atoms with Crippen LogP contribution in [0, 0.1) is 5.92 Å². The third-order valence-corrected chi connectivity index (χ3v) is 2.93. The number of hydrogen-bond donors (Lipinski definition) is 0. The van der Waals surface area contributed by atoms with Gasteiger partial charge in [0, 0.05) is 5.92 Å². The number of hydrogen-bond acceptors (Lipinski definition) is 3. The second-order valence-corrected chi connectivity index (χ2v) is 3.71. The predicted molar refractivity (Wildman–Crippen MR) is 52.5 cm³/mol. The van der Waals surface area contributed by atoms with Crippen molar-refractivity contribution < 1.29 is 9.57 Å². The summed E-state index contributed by atoms with van der Waals surface area (Å²) in [6.07, 6.45) is 3.06. The highest BCUT2D eigenvalue weighted by Gasteiger charge is 2.36. The molecule has 3 rings (SSSR count). The third-order valence-electron chi connectivity index (χ3n) is 2.93. The van der Waals surface area contributed by atoms with Crippen LogP contribution in [-0.2, 0) is 11.3 Å². The van der Waals surface area contributed by atoms with Crippen molar-refractivity contribution in [1.29, 1.82) is 0 Å². The van der Waals surface area contributed by atoms with E-state index in [0.29, 0.717) is 5.92 Å². The van der Waals surface area contributed by atoms with Crippen LogP contribution in [0.5, 0.6) is 5.75 Å². The summed E-state index contributed by atoms with van der Waals surface area (Å²) in [5.41, 5.74) is 2.58. The van der Waals surface area contributed by atoms with E-state index < -0.39 is 0 Å². The van der Waals surface area contributed by atoms with Crippen LogP contribution in [0.3, 0.4) is 0 Å². The van der Waals surface area contributed by atoms with Crippen LogP contribution in [0.1, 0.15) is 17.2 Å². The van der Waals surface area contributed by atoms with Crippen LogP contribution in [0.25, 0.3) is 0 Å². The molecule has 0 fully saturated rings. The average molecular weight is 189 g/mol. The van der Waals surface area contributed by atoms with E-state index in [1.54, 1.807) is 7.11 Å². The van der Waals surface area contributed by atoms with Crippen LogP contribution in [0.4, 0.5) is 0 Å². The van der Waals surface area contributed by atoms with Crippen molar-refractivity contribution in [1.82, 2.24) is 0 Å². The molecule has 14 heavy (non-hydrogen) atoms. The topological polar surface area (TPSA) is 30.8 Å². The second kappa shape index (κ2) is 2.74. The molecule has 2 atom stereocenters. The minimum absolute atomic E-state index is 0.149. The Morgan fingerprint density at radius 3 is 3.29 bits per heavy atom. The molecule has 0 bridgehead atoms. The first-order valence-electron chi connectivity index (χ1n) is 4.74. The molecule has 1 aliphatic carbocycles. The minimum atomic E-state index is 0.149. The Hall–Kier alpha value is -1.51. The van der Waals surface area contributed by atoms with Crippen molar-refractivity contribution in [2.45, 2.75) is 12.5 Å². The zero-order valence-corrected chi connectivity index (χ0v) is 7.93. The molecule has 2 aliphatic rings. The van der Waals surface area contributed by atoms with Crippen LogP contribution < -0.4 is 4.74 Å². The highest BCUT2D eigenvalue weighted by molar-refractivity contribution is 5.66. The number of fused-ring (bicyclic) bond motifs is 3. The number of ether oxygens (including phenoxy) is 1. The SMILES string of the molecule is COc1ccc2c(c1)C[C@@H]1C=NO[C@H]21. The van der Waals surface area contributed by atoms with E-state index in [1.807, 2.05) is 12.3 Å². The molecular weight excluding hydrogens is 178 g/mol. The first-order chi connectivity index (χ1) is 6.88. The fourth-order valence-corrected chi connectivity index (χ4v) is 2.20. The highest BCUT2D eigenvalue weighted by atomic mass is 16.6. The zero-order valence-electron chi connectivity index (χ0n) is 7.93. The van der Waals surface area contributed by atoms with Crippen LogP contribution in [0.2, 0.25) is 0 Å². The van der Waals surface area contributed by atoms with Gasteiger partial charge < -0.3 is 9.57 Å². The van der Waals surface area contributed by atoms with Gasteiger partial charge in [-0.1, -0.05) is 11.2 Å². The number of benzene rings is 1. The van der Waals surface area contributed by atoms with Gasteiger partial charge in [-0.2, -0.15) is 0 Å². The third kappa shape index (κ3) is 0.953. The molecular formula is C11H11NO2. The minimum Gasteiger partial charge on any atom is -0.497 e. The first kappa shape index (κ1) is 7.85. The zero-order chi connectivity index (χ0) is 9.54. The van der Waals surface area contributed by atoms with Gasteiger partial charge in [-0.15, -0.1) is 0 Å². The van der Waals surface area contributed by atoms with E-state index in [0.717, 1.165) is 12.2 Å². The fourth-order valence-electron chi connectivity index (χ4n) is 2.20. The molecule has 3 nitrogen and oxygen atoms in total. The Kier molecular flexibility index (Phi) is 1.54. The van der Waals surface area contributed by atoms with Crippen molar-refractivity contribution in [3.8, 4) is 5.75 Å². The monoisotopic (exact) mass is 189 g/mol. The van der Waals surface area contributed by atoms with Gasteiger partial charge in [-0.05, 0) is 29.7 Å². The standard InChI is InChI=1S/C11H11NO2/c1-13-9-2-3-10-7(5-9)4-8-6-12-14-11(8)10/h2-3,5-6,8,11H,4H2,1H3/t8-,11+/m1/s1. The smallest absolute Gasteiger partial charge is 0.161 e. The molecule has 1 aliphatic heterocycles. The van der Waals surface area contributed by atoms with Crippen LogP contribution in [-0.4, -0.2) is 13.3 Å². The van der Waals surface area contributed by atoms with Gasteiger partial charge in [0.2, 0.25) is 0 Å². The van der Waals surface area contributed by atoms with Crippen molar-refractivity contribution in [2.24, 2.45) is 11.1 Å². The Balaban J connectivity index is 2.03. The Bertz CT molecular complexity index is 400. The summed E-state index contributed by atoms with van der Waals surface area (Å²) in [5, 5.41) is 3.85. The van der Waals surface area contributed by atoms with E-state index in [9.17, 15) is 0 Å². The maximum Gasteiger partial charge on any atom is 0.161 e. The maximum absolute atomic E-state index is 5.31. The molecule has 0 saturated carbocycles. The van der Waals surface area contributed by atoms with Gasteiger partial charge in [0.25, 0.3) is 0 Å². The molecule has 0 saturated heterocycles. The molecule has 0 radical (unpaired) electrons. The van der Waals surface area contributed by atoms with E-state index in [1.165, 1.54) is 11.1 Å². The van der Waals surface area contributed by atoms with Crippen LogP contribution >= 0.6 is 0 Å². The molecule has 0 spiro atoms. The Morgan fingerprint density at radius 1 is 1.50 bits per heavy atom. The van der Waals surface area contributed by atoms with E-state index in [2.05, 4.69) is 17.3 Å². The van der Waals surface area contributed by atoms with Crippen molar-refractivity contribution >= 4 is 6.21 Å². The lowest BCUT2D eigenvalue weighted by Crippen LogP contribution is -2.02. The van der Waals surface area contributed by atoms with Gasteiger partial charge in [0.1, 0.15) is 5.75 Å². The molecule has 1 aromatic rings. The number of oxime groups is 1. The Labute approximate surface area is 82.3 Å². The molecule has 1 heterocycles. The summed E-state index contributed by atoms with van der Waals surface area (Å²) < 4.78 is 5.19. The molecule has 0 N–H and O–H groups in total. The van der Waals surface area contributed by atoms with Gasteiger partial charge in [0.05, 0.1) is 13.3 Å². The molecule has 3 heteroatoms. The maximum atomic E-state index is 5.31. The van der Waals surface area contributed by atoms with Crippen molar-refractivity contribution in [2.75, 3.05) is 7.11 Å². The van der Waals surface area contributed by atoms with Gasteiger partial charge in [0.15, 0.2) is 6.10 Å². The summed E-state index contributed by atoms with van der Waals surface area (Å²) in [6, 6.07) is 6.14. The van der Waals surface area contributed by atoms with Gasteiger partial charge in [-0.3, -0.25) is 0 Å². The molecule has 0 unspecified atom stereocenters. The van der Waals surface area contributed by atoms with Crippen molar-refractivity contribution in [3.63, 3.8) is 0 Å². The molecule has 0 aromatic heterocycles. The lowest BCUT2D eigenvalue weighted by atomic mass is 10.1. The lowest BCUT2D eigenvalue weighted by Gasteiger charge is -2.08. The summed E-state index contributed by atoms with van der Waals surface area (Å²) in [6.45, 7) is 0. The molecule has 72 valence electrons. The highest BCUT2D eigenvalue weighted by Crippen LogP contribution is 2.41. The largest absolute Gasteiger partial charge is 0.497 e. The number of methoxy groups -OCH3 is 1. The Morgan fingerprint density at radius 2 is 2.43 bits per heavy atom. The summed E-state index contributed by atoms with van der Waals surface area (Å²) in [7, 11) is 1.69. The predicted octanol–water partition coefficient (Wildman–Crippen LogP) is 1.92. The van der Waals surface area contributed by atoms with Gasteiger partial charge >= 0.3 is 0 Å². The van der Waals surface area contributed by atoms with Gasteiger partial charge in [-0.25, -0.2) is 0 Å².